The van der Waals surface area contributed by atoms with E-state index < -0.39 is 0 Å². The zero-order valence-corrected chi connectivity index (χ0v) is 17.8. The number of carbonyl (C=O) groups excluding carboxylic acids is 1. The van der Waals surface area contributed by atoms with Crippen molar-refractivity contribution in [3.8, 4) is 5.75 Å². The minimum Gasteiger partial charge on any atom is -0.494 e. The van der Waals surface area contributed by atoms with Crippen molar-refractivity contribution in [2.24, 2.45) is 5.41 Å². The number of ether oxygens (including phenoxy) is 1. The fraction of sp³-hybridized carbons (Fsp3) is 0.565. The molecule has 6 nitrogen and oxygen atoms in total. The number of hydrogen-bond acceptors (Lipinski definition) is 4. The quantitative estimate of drug-likeness (QED) is 0.735. The first-order valence-electron chi connectivity index (χ1n) is 10.6. The Morgan fingerprint density at radius 3 is 2.72 bits per heavy atom. The molecule has 2 aromatic rings. The summed E-state index contributed by atoms with van der Waals surface area (Å²) in [5.41, 5.74) is 1.27. The van der Waals surface area contributed by atoms with E-state index in [9.17, 15) is 9.90 Å². The van der Waals surface area contributed by atoms with Crippen molar-refractivity contribution in [3.63, 3.8) is 0 Å². The highest BCUT2D eigenvalue weighted by Crippen LogP contribution is 2.34. The number of aryl methyl sites for hydroxylation is 1. The molecule has 158 valence electrons. The van der Waals surface area contributed by atoms with Crippen molar-refractivity contribution in [1.82, 2.24) is 14.7 Å². The fourth-order valence-corrected chi connectivity index (χ4v) is 3.99. The molecule has 1 saturated heterocycles. The van der Waals surface area contributed by atoms with E-state index in [2.05, 4.69) is 18.9 Å². The molecule has 0 unspecified atom stereocenters. The number of likely N-dealkylation sites (tertiary alicyclic amines) is 1. The lowest BCUT2D eigenvalue weighted by atomic mass is 9.78. The summed E-state index contributed by atoms with van der Waals surface area (Å²) in [6, 6.07) is 11.6. The van der Waals surface area contributed by atoms with Gasteiger partial charge in [0.2, 0.25) is 0 Å². The van der Waals surface area contributed by atoms with Gasteiger partial charge in [0.15, 0.2) is 0 Å². The molecule has 6 heteroatoms. The molecule has 3 rings (SSSR count). The number of aliphatic hydroxyl groups excluding tert-OH is 1. The van der Waals surface area contributed by atoms with Crippen LogP contribution in [0.25, 0.3) is 0 Å². The summed E-state index contributed by atoms with van der Waals surface area (Å²) in [7, 11) is 0. The Labute approximate surface area is 173 Å². The van der Waals surface area contributed by atoms with Crippen LogP contribution in [-0.2, 0) is 6.54 Å². The molecule has 2 heterocycles. The van der Waals surface area contributed by atoms with Crippen LogP contribution >= 0.6 is 0 Å². The first-order chi connectivity index (χ1) is 14.0. The average Bonchev–Trinajstić information content (AvgIpc) is 3.19. The molecular formula is C23H33N3O3. The van der Waals surface area contributed by atoms with Gasteiger partial charge in [-0.05, 0) is 50.3 Å². The molecule has 1 N–H and O–H groups in total. The van der Waals surface area contributed by atoms with E-state index in [1.165, 1.54) is 0 Å². The molecule has 1 aliphatic rings. The Bertz CT molecular complexity index is 803. The molecule has 0 aliphatic carbocycles. The van der Waals surface area contributed by atoms with Gasteiger partial charge >= 0.3 is 0 Å². The van der Waals surface area contributed by atoms with Gasteiger partial charge in [0.25, 0.3) is 5.91 Å². The second-order valence-electron chi connectivity index (χ2n) is 8.32. The molecule has 0 saturated carbocycles. The molecule has 29 heavy (non-hydrogen) atoms. The molecule has 1 aromatic heterocycles. The van der Waals surface area contributed by atoms with Crippen molar-refractivity contribution in [3.05, 3.63) is 47.8 Å². The van der Waals surface area contributed by atoms with Crippen LogP contribution in [0.3, 0.4) is 0 Å². The van der Waals surface area contributed by atoms with Crippen molar-refractivity contribution < 1.29 is 14.6 Å². The smallest absolute Gasteiger partial charge is 0.272 e. The molecule has 1 aromatic carbocycles. The topological polar surface area (TPSA) is 67.6 Å². The molecule has 0 radical (unpaired) electrons. The molecule has 1 amide bonds. The van der Waals surface area contributed by atoms with Crippen molar-refractivity contribution in [2.75, 3.05) is 26.3 Å². The SMILES string of the molecule is CCn1nc(C(C)C)cc1C(=O)N1CCC[C@@](CO)(CCOc2ccccc2)C1. The molecule has 1 fully saturated rings. The second kappa shape index (κ2) is 9.44. The minimum absolute atomic E-state index is 0.00718. The van der Waals surface area contributed by atoms with Crippen LogP contribution in [0.1, 0.15) is 62.1 Å². The van der Waals surface area contributed by atoms with Gasteiger partial charge in [0, 0.05) is 25.0 Å². The molecule has 0 spiro atoms. The Hall–Kier alpha value is -2.34. The van der Waals surface area contributed by atoms with Gasteiger partial charge in [-0.3, -0.25) is 9.48 Å². The highest BCUT2D eigenvalue weighted by atomic mass is 16.5. The first-order valence-corrected chi connectivity index (χ1v) is 10.6. The number of para-hydroxylation sites is 1. The summed E-state index contributed by atoms with van der Waals surface area (Å²) in [5.74, 6) is 1.12. The summed E-state index contributed by atoms with van der Waals surface area (Å²) >= 11 is 0. The van der Waals surface area contributed by atoms with Crippen LogP contribution in [0.15, 0.2) is 36.4 Å². The van der Waals surface area contributed by atoms with Crippen LogP contribution < -0.4 is 4.74 Å². The highest BCUT2D eigenvalue weighted by molar-refractivity contribution is 5.92. The predicted molar refractivity (Wildman–Crippen MR) is 113 cm³/mol. The monoisotopic (exact) mass is 399 g/mol. The van der Waals surface area contributed by atoms with Crippen LogP contribution in [0.2, 0.25) is 0 Å². The predicted octanol–water partition coefficient (Wildman–Crippen LogP) is 3.71. The Kier molecular flexibility index (Phi) is 6.96. The van der Waals surface area contributed by atoms with E-state index in [0.29, 0.717) is 38.4 Å². The average molecular weight is 400 g/mol. The highest BCUT2D eigenvalue weighted by Gasteiger charge is 2.37. The number of piperidine rings is 1. The lowest BCUT2D eigenvalue weighted by Crippen LogP contribution is -2.48. The maximum absolute atomic E-state index is 13.3. The van der Waals surface area contributed by atoms with Crippen LogP contribution in [0.5, 0.6) is 5.75 Å². The lowest BCUT2D eigenvalue weighted by molar-refractivity contribution is 0.0150. The van der Waals surface area contributed by atoms with E-state index in [-0.39, 0.29) is 23.8 Å². The fourth-order valence-electron chi connectivity index (χ4n) is 3.99. The van der Waals surface area contributed by atoms with Gasteiger partial charge in [-0.25, -0.2) is 0 Å². The number of rotatable bonds is 8. The zero-order valence-electron chi connectivity index (χ0n) is 17.8. The molecular weight excluding hydrogens is 366 g/mol. The van der Waals surface area contributed by atoms with Gasteiger partial charge in [-0.15, -0.1) is 0 Å². The third-order valence-electron chi connectivity index (χ3n) is 5.84. The summed E-state index contributed by atoms with van der Waals surface area (Å²) in [6.45, 7) is 8.68. The van der Waals surface area contributed by atoms with Gasteiger partial charge in [-0.1, -0.05) is 32.0 Å². The Morgan fingerprint density at radius 2 is 2.07 bits per heavy atom. The van der Waals surface area contributed by atoms with Crippen molar-refractivity contribution in [1.29, 1.82) is 0 Å². The largest absolute Gasteiger partial charge is 0.494 e. The molecule has 1 atom stereocenters. The maximum Gasteiger partial charge on any atom is 0.272 e. The third-order valence-corrected chi connectivity index (χ3v) is 5.84. The summed E-state index contributed by atoms with van der Waals surface area (Å²) in [5, 5.41) is 14.8. The lowest BCUT2D eigenvalue weighted by Gasteiger charge is -2.41. The summed E-state index contributed by atoms with van der Waals surface area (Å²) in [4.78, 5) is 15.2. The van der Waals surface area contributed by atoms with Crippen molar-refractivity contribution >= 4 is 5.91 Å². The second-order valence-corrected chi connectivity index (χ2v) is 8.32. The van der Waals surface area contributed by atoms with Crippen LogP contribution in [0, 0.1) is 5.41 Å². The number of amides is 1. The molecule has 0 bridgehead atoms. The van der Waals surface area contributed by atoms with E-state index in [4.69, 9.17) is 4.74 Å². The van der Waals surface area contributed by atoms with E-state index in [1.54, 1.807) is 4.68 Å². The Morgan fingerprint density at radius 1 is 1.31 bits per heavy atom. The minimum atomic E-state index is -0.319. The summed E-state index contributed by atoms with van der Waals surface area (Å²) < 4.78 is 7.65. The standard InChI is InChI=1S/C23H33N3O3/c1-4-26-21(15-20(24-26)18(2)3)22(28)25-13-8-11-23(16-25,17-27)12-14-29-19-9-6-5-7-10-19/h5-7,9-10,15,18,27H,4,8,11-14,16-17H2,1-3H3/t23-/m1/s1. The van der Waals surface area contributed by atoms with Crippen molar-refractivity contribution in [2.45, 2.75) is 52.5 Å². The van der Waals surface area contributed by atoms with Gasteiger partial charge in [0.05, 0.1) is 18.9 Å². The van der Waals surface area contributed by atoms with Gasteiger partial charge < -0.3 is 14.7 Å². The number of aliphatic hydroxyl groups is 1. The van der Waals surface area contributed by atoms with Crippen LogP contribution in [-0.4, -0.2) is 52.0 Å². The number of hydrogen-bond donors (Lipinski definition) is 1. The summed E-state index contributed by atoms with van der Waals surface area (Å²) in [6.07, 6.45) is 2.50. The third kappa shape index (κ3) is 4.99. The Balaban J connectivity index is 1.68. The zero-order chi connectivity index (χ0) is 20.9. The number of benzene rings is 1. The van der Waals surface area contributed by atoms with E-state index >= 15 is 0 Å². The van der Waals surface area contributed by atoms with E-state index in [1.807, 2.05) is 48.2 Å². The van der Waals surface area contributed by atoms with Gasteiger partial charge in [0.1, 0.15) is 11.4 Å². The van der Waals surface area contributed by atoms with Crippen LogP contribution in [0.4, 0.5) is 0 Å². The normalized spacial score (nSPS) is 19.6. The number of aromatic nitrogens is 2. The first kappa shape index (κ1) is 21.4. The number of nitrogens with zero attached hydrogens (tertiary/aromatic N) is 3. The van der Waals surface area contributed by atoms with Gasteiger partial charge in [-0.2, -0.15) is 5.10 Å². The molecule has 1 aliphatic heterocycles. The van der Waals surface area contributed by atoms with E-state index in [0.717, 1.165) is 24.3 Å². The maximum atomic E-state index is 13.3. The number of carbonyl (C=O) groups is 1.